The average Bonchev–Trinajstić information content (AvgIpc) is 2.52. The number of amides is 2. The lowest BCUT2D eigenvalue weighted by Crippen LogP contribution is -2.32. The zero-order valence-electron chi connectivity index (χ0n) is 12.1. The van der Waals surface area contributed by atoms with Gasteiger partial charge in [-0.3, -0.25) is 9.59 Å². The van der Waals surface area contributed by atoms with Crippen LogP contribution in [0, 0.1) is 6.92 Å². The minimum absolute atomic E-state index is 0.472. The third kappa shape index (κ3) is 5.19. The minimum Gasteiger partial charge on any atom is -0.317 e. The normalized spacial score (nSPS) is 10.6. The number of halogens is 2. The molecule has 2 amide bonds. The summed E-state index contributed by atoms with van der Waals surface area (Å²) in [6, 6.07) is 12.4. The van der Waals surface area contributed by atoms with Crippen LogP contribution in [0.5, 0.6) is 0 Å². The molecule has 0 aromatic heterocycles. The van der Waals surface area contributed by atoms with Gasteiger partial charge in [-0.05, 0) is 42.3 Å². The number of benzene rings is 2. The largest absolute Gasteiger partial charge is 0.329 e. The van der Waals surface area contributed by atoms with E-state index in [0.717, 1.165) is 15.6 Å². The molecule has 2 N–H and O–H groups in total. The van der Waals surface area contributed by atoms with Crippen molar-refractivity contribution in [1.29, 1.82) is 0 Å². The molecule has 0 aliphatic rings. The van der Waals surface area contributed by atoms with E-state index in [2.05, 4.69) is 31.8 Å². The van der Waals surface area contributed by atoms with Crippen molar-refractivity contribution >= 4 is 51.2 Å². The summed E-state index contributed by atoms with van der Waals surface area (Å²) in [6.07, 6.45) is 1.45. The quantitative estimate of drug-likeness (QED) is 0.475. The van der Waals surface area contributed by atoms with Crippen LogP contribution in [0.25, 0.3) is 0 Å². The molecule has 118 valence electrons. The Balaban J connectivity index is 1.93. The molecule has 0 spiro atoms. The molecular weight excluding hydrogens is 382 g/mol. The van der Waals surface area contributed by atoms with Gasteiger partial charge in [0.25, 0.3) is 0 Å². The Hall–Kier alpha value is -2.18. The number of aryl methyl sites for hydroxylation is 1. The highest BCUT2D eigenvalue weighted by Crippen LogP contribution is 2.19. The standard InChI is InChI=1S/C16H13BrClN3O2/c1-10-2-7-13(18)8-14(10)20-15(22)16(23)21-19-9-11-3-5-12(17)6-4-11/h2-9H,1H3,(H,20,22)(H,21,23). The second kappa shape index (κ2) is 7.89. The Morgan fingerprint density at radius 1 is 1.13 bits per heavy atom. The SMILES string of the molecule is Cc1ccc(Cl)cc1NC(=O)C(=O)NN=Cc1ccc(Br)cc1. The predicted octanol–water partition coefficient (Wildman–Crippen LogP) is 3.50. The Bertz CT molecular complexity index is 760. The van der Waals surface area contributed by atoms with E-state index < -0.39 is 11.8 Å². The molecule has 0 unspecified atom stereocenters. The van der Waals surface area contributed by atoms with E-state index in [0.29, 0.717) is 10.7 Å². The molecule has 0 aliphatic heterocycles. The van der Waals surface area contributed by atoms with Crippen molar-refractivity contribution in [3.05, 3.63) is 63.1 Å². The van der Waals surface area contributed by atoms with Crippen LogP contribution in [0.3, 0.4) is 0 Å². The molecule has 0 fully saturated rings. The first-order valence-corrected chi connectivity index (χ1v) is 7.79. The monoisotopic (exact) mass is 393 g/mol. The molecule has 7 heteroatoms. The zero-order valence-corrected chi connectivity index (χ0v) is 14.5. The van der Waals surface area contributed by atoms with Gasteiger partial charge < -0.3 is 5.32 Å². The number of nitrogens with one attached hydrogen (secondary N) is 2. The van der Waals surface area contributed by atoms with E-state index in [1.54, 1.807) is 25.1 Å². The van der Waals surface area contributed by atoms with Crippen LogP contribution in [0.2, 0.25) is 5.02 Å². The molecule has 0 aliphatic carbocycles. The van der Waals surface area contributed by atoms with E-state index >= 15 is 0 Å². The molecule has 0 bridgehead atoms. The first-order valence-electron chi connectivity index (χ1n) is 6.62. The number of hydrogen-bond acceptors (Lipinski definition) is 3. The number of hydrogen-bond donors (Lipinski definition) is 2. The highest BCUT2D eigenvalue weighted by Gasteiger charge is 2.14. The highest BCUT2D eigenvalue weighted by molar-refractivity contribution is 9.10. The molecule has 0 radical (unpaired) electrons. The van der Waals surface area contributed by atoms with Crippen LogP contribution < -0.4 is 10.7 Å². The van der Waals surface area contributed by atoms with Crippen LogP contribution >= 0.6 is 27.5 Å². The Morgan fingerprint density at radius 3 is 2.52 bits per heavy atom. The summed E-state index contributed by atoms with van der Waals surface area (Å²) in [7, 11) is 0. The second-order valence-electron chi connectivity index (χ2n) is 4.66. The van der Waals surface area contributed by atoms with Gasteiger partial charge in [-0.2, -0.15) is 5.10 Å². The molecule has 5 nitrogen and oxygen atoms in total. The maximum absolute atomic E-state index is 11.8. The minimum atomic E-state index is -0.863. The number of anilines is 1. The van der Waals surface area contributed by atoms with E-state index in [9.17, 15) is 9.59 Å². The Morgan fingerprint density at radius 2 is 1.83 bits per heavy atom. The lowest BCUT2D eigenvalue weighted by atomic mass is 10.2. The lowest BCUT2D eigenvalue weighted by molar-refractivity contribution is -0.136. The molecule has 0 heterocycles. The van der Waals surface area contributed by atoms with Crippen LogP contribution in [-0.4, -0.2) is 18.0 Å². The number of nitrogens with zero attached hydrogens (tertiary/aromatic N) is 1. The highest BCUT2D eigenvalue weighted by atomic mass is 79.9. The van der Waals surface area contributed by atoms with E-state index in [1.807, 2.05) is 24.3 Å². The molecule has 2 aromatic carbocycles. The summed E-state index contributed by atoms with van der Waals surface area (Å²) in [4.78, 5) is 23.5. The van der Waals surface area contributed by atoms with E-state index in [4.69, 9.17) is 11.6 Å². The van der Waals surface area contributed by atoms with Crippen molar-refractivity contribution in [2.24, 2.45) is 5.10 Å². The Labute approximate surface area is 146 Å². The lowest BCUT2D eigenvalue weighted by Gasteiger charge is -2.07. The van der Waals surface area contributed by atoms with Gasteiger partial charge in [0.2, 0.25) is 0 Å². The maximum atomic E-state index is 11.8. The summed E-state index contributed by atoms with van der Waals surface area (Å²) in [6.45, 7) is 1.80. The fourth-order valence-corrected chi connectivity index (χ4v) is 2.11. The summed E-state index contributed by atoms with van der Waals surface area (Å²) in [5, 5.41) is 6.71. The van der Waals surface area contributed by atoms with Crippen molar-refractivity contribution < 1.29 is 9.59 Å². The van der Waals surface area contributed by atoms with Gasteiger partial charge in [0.05, 0.1) is 6.21 Å². The fourth-order valence-electron chi connectivity index (χ4n) is 1.67. The molecular formula is C16H13BrClN3O2. The molecule has 2 rings (SSSR count). The van der Waals surface area contributed by atoms with Gasteiger partial charge in [0, 0.05) is 15.2 Å². The smallest absolute Gasteiger partial charge is 0.317 e. The van der Waals surface area contributed by atoms with Crippen molar-refractivity contribution in [1.82, 2.24) is 5.43 Å². The summed E-state index contributed by atoms with van der Waals surface area (Å²) in [5.41, 5.74) is 4.25. The fraction of sp³-hybridized carbons (Fsp3) is 0.0625. The number of carbonyl (C=O) groups excluding carboxylic acids is 2. The van der Waals surface area contributed by atoms with E-state index in [-0.39, 0.29) is 0 Å². The third-order valence-electron chi connectivity index (χ3n) is 2.90. The Kier molecular flexibility index (Phi) is 5.90. The van der Waals surface area contributed by atoms with Gasteiger partial charge in [-0.15, -0.1) is 0 Å². The van der Waals surface area contributed by atoms with Crippen molar-refractivity contribution in [3.63, 3.8) is 0 Å². The number of hydrazone groups is 1. The predicted molar refractivity (Wildman–Crippen MR) is 94.7 cm³/mol. The van der Waals surface area contributed by atoms with Crippen molar-refractivity contribution in [2.45, 2.75) is 6.92 Å². The zero-order chi connectivity index (χ0) is 16.8. The maximum Gasteiger partial charge on any atom is 0.329 e. The van der Waals surface area contributed by atoms with E-state index in [1.165, 1.54) is 6.21 Å². The van der Waals surface area contributed by atoms with Crippen molar-refractivity contribution in [3.8, 4) is 0 Å². The number of carbonyl (C=O) groups is 2. The van der Waals surface area contributed by atoms with Gasteiger partial charge in [-0.25, -0.2) is 5.43 Å². The van der Waals surface area contributed by atoms with Gasteiger partial charge in [-0.1, -0.05) is 45.7 Å². The van der Waals surface area contributed by atoms with Crippen LogP contribution in [-0.2, 0) is 9.59 Å². The number of rotatable bonds is 3. The second-order valence-corrected chi connectivity index (χ2v) is 6.02. The van der Waals surface area contributed by atoms with Crippen LogP contribution in [0.15, 0.2) is 52.0 Å². The summed E-state index contributed by atoms with van der Waals surface area (Å²) in [5.74, 6) is -1.68. The third-order valence-corrected chi connectivity index (χ3v) is 3.67. The summed E-state index contributed by atoms with van der Waals surface area (Å²) < 4.78 is 0.940. The topological polar surface area (TPSA) is 70.6 Å². The van der Waals surface area contributed by atoms with Crippen LogP contribution in [0.4, 0.5) is 5.69 Å². The summed E-state index contributed by atoms with van der Waals surface area (Å²) >= 11 is 9.19. The van der Waals surface area contributed by atoms with Crippen molar-refractivity contribution in [2.75, 3.05) is 5.32 Å². The van der Waals surface area contributed by atoms with Gasteiger partial charge >= 0.3 is 11.8 Å². The molecule has 0 saturated heterocycles. The van der Waals surface area contributed by atoms with Gasteiger partial charge in [0.15, 0.2) is 0 Å². The first-order chi connectivity index (χ1) is 11.0. The van der Waals surface area contributed by atoms with Gasteiger partial charge in [0.1, 0.15) is 0 Å². The molecule has 0 saturated carbocycles. The van der Waals surface area contributed by atoms with Crippen LogP contribution in [0.1, 0.15) is 11.1 Å². The molecule has 23 heavy (non-hydrogen) atoms. The molecule has 2 aromatic rings. The first kappa shape index (κ1) is 17.2. The average molecular weight is 395 g/mol. The molecule has 0 atom stereocenters.